The minimum atomic E-state index is -2.62. The Morgan fingerprint density at radius 1 is 1.50 bits per heavy atom. The zero-order chi connectivity index (χ0) is 14.9. The number of carbonyl (C=O) groups excluding carboxylic acids is 1. The molecule has 1 amide bonds. The zero-order valence-electron chi connectivity index (χ0n) is 11.4. The van der Waals surface area contributed by atoms with Gasteiger partial charge in [-0.25, -0.2) is 18.4 Å². The van der Waals surface area contributed by atoms with Crippen molar-refractivity contribution in [3.8, 4) is 0 Å². The minimum absolute atomic E-state index is 0.153. The molecular weight excluding hydrogens is 280 g/mol. The number of nitrogens with two attached hydrogens (primary N) is 1. The number of nitrogens with zero attached hydrogens (tertiary/aromatic N) is 2. The van der Waals surface area contributed by atoms with Crippen molar-refractivity contribution in [2.24, 2.45) is 11.7 Å². The molecule has 1 saturated carbocycles. The Balaban J connectivity index is 2.33. The SMILES string of the molecule is CC(C)(Nc1nc(C[SH](=O)=O)ncc1C(N)=O)C1CC1. The number of rotatable bonds is 6. The summed E-state index contributed by atoms with van der Waals surface area (Å²) in [6.07, 6.45) is 3.52. The first kappa shape index (κ1) is 14.7. The van der Waals surface area contributed by atoms with Crippen LogP contribution in [0.15, 0.2) is 6.20 Å². The molecule has 1 fully saturated rings. The Bertz CT molecular complexity index is 601. The Morgan fingerprint density at radius 3 is 2.65 bits per heavy atom. The summed E-state index contributed by atoms with van der Waals surface area (Å²) in [5.41, 5.74) is 5.24. The Hall–Kier alpha value is -1.70. The van der Waals surface area contributed by atoms with Gasteiger partial charge in [-0.2, -0.15) is 0 Å². The quantitative estimate of drug-likeness (QED) is 0.650. The third kappa shape index (κ3) is 3.44. The number of thiol groups is 1. The number of primary amides is 1. The summed E-state index contributed by atoms with van der Waals surface area (Å²) in [4.78, 5) is 19.4. The fraction of sp³-hybridized carbons (Fsp3) is 0.583. The molecule has 2 rings (SSSR count). The Kier molecular flexibility index (Phi) is 3.94. The predicted molar refractivity (Wildman–Crippen MR) is 75.0 cm³/mol. The monoisotopic (exact) mass is 298 g/mol. The molecule has 20 heavy (non-hydrogen) atoms. The minimum Gasteiger partial charge on any atom is -0.365 e. The predicted octanol–water partition coefficient (Wildman–Crippen LogP) is 0.287. The van der Waals surface area contributed by atoms with Crippen molar-refractivity contribution < 1.29 is 13.2 Å². The van der Waals surface area contributed by atoms with Gasteiger partial charge >= 0.3 is 0 Å². The van der Waals surface area contributed by atoms with Crippen LogP contribution in [-0.2, 0) is 16.5 Å². The highest BCUT2D eigenvalue weighted by Gasteiger charge is 2.38. The Morgan fingerprint density at radius 2 is 2.15 bits per heavy atom. The van der Waals surface area contributed by atoms with Crippen LogP contribution in [-0.4, -0.2) is 29.8 Å². The Labute approximate surface area is 118 Å². The van der Waals surface area contributed by atoms with Crippen LogP contribution >= 0.6 is 0 Å². The largest absolute Gasteiger partial charge is 0.365 e. The summed E-state index contributed by atoms with van der Waals surface area (Å²) in [5.74, 6) is 0.0683. The summed E-state index contributed by atoms with van der Waals surface area (Å²) in [6.45, 7) is 4.04. The van der Waals surface area contributed by atoms with E-state index >= 15 is 0 Å². The van der Waals surface area contributed by atoms with E-state index in [2.05, 4.69) is 15.3 Å². The maximum Gasteiger partial charge on any atom is 0.254 e. The van der Waals surface area contributed by atoms with Crippen LogP contribution in [0.3, 0.4) is 0 Å². The number of amides is 1. The van der Waals surface area contributed by atoms with Gasteiger partial charge in [0, 0.05) is 11.7 Å². The second-order valence-electron chi connectivity index (χ2n) is 5.52. The molecule has 0 radical (unpaired) electrons. The zero-order valence-corrected chi connectivity index (χ0v) is 12.3. The molecule has 1 heterocycles. The number of anilines is 1. The molecule has 1 aromatic rings. The molecule has 110 valence electrons. The van der Waals surface area contributed by atoms with Crippen LogP contribution in [0, 0.1) is 5.92 Å². The van der Waals surface area contributed by atoms with Crippen molar-refractivity contribution in [1.29, 1.82) is 0 Å². The lowest BCUT2D eigenvalue weighted by Crippen LogP contribution is -2.35. The fourth-order valence-electron chi connectivity index (χ4n) is 2.10. The highest BCUT2D eigenvalue weighted by Crippen LogP contribution is 2.41. The fourth-order valence-corrected chi connectivity index (χ4v) is 2.48. The molecule has 0 atom stereocenters. The molecule has 8 heteroatoms. The number of hydrogen-bond acceptors (Lipinski definition) is 6. The summed E-state index contributed by atoms with van der Waals surface area (Å²) < 4.78 is 21.5. The van der Waals surface area contributed by atoms with Gasteiger partial charge in [0.25, 0.3) is 5.91 Å². The summed E-state index contributed by atoms with van der Waals surface area (Å²) in [7, 11) is -2.62. The van der Waals surface area contributed by atoms with Gasteiger partial charge in [-0.15, -0.1) is 0 Å². The third-order valence-corrected chi connectivity index (χ3v) is 3.95. The van der Waals surface area contributed by atoms with Crippen molar-refractivity contribution in [3.05, 3.63) is 17.6 Å². The van der Waals surface area contributed by atoms with Crippen molar-refractivity contribution in [3.63, 3.8) is 0 Å². The average molecular weight is 298 g/mol. The first-order chi connectivity index (χ1) is 9.29. The van der Waals surface area contributed by atoms with Gasteiger partial charge in [-0.3, -0.25) is 4.79 Å². The second-order valence-corrected chi connectivity index (χ2v) is 6.51. The van der Waals surface area contributed by atoms with Crippen LogP contribution in [0.5, 0.6) is 0 Å². The standard InChI is InChI=1S/C12H18N4O3S/c1-12(2,7-3-4-7)16-11-8(10(13)17)5-14-9(15-11)6-20(18)19/h5,7,20H,3-4,6H2,1-2H3,(H2,13,17)(H,14,15,16). The average Bonchev–Trinajstić information content (AvgIpc) is 3.10. The van der Waals surface area contributed by atoms with Crippen LogP contribution in [0.25, 0.3) is 0 Å². The van der Waals surface area contributed by atoms with E-state index in [1.807, 2.05) is 13.8 Å². The van der Waals surface area contributed by atoms with E-state index in [0.29, 0.717) is 11.7 Å². The van der Waals surface area contributed by atoms with Gasteiger partial charge in [-0.05, 0) is 32.6 Å². The molecule has 1 aliphatic rings. The van der Waals surface area contributed by atoms with Gasteiger partial charge in [-0.1, -0.05) is 0 Å². The van der Waals surface area contributed by atoms with Crippen molar-refractivity contribution in [2.45, 2.75) is 38.0 Å². The first-order valence-electron chi connectivity index (χ1n) is 6.35. The van der Waals surface area contributed by atoms with E-state index in [1.165, 1.54) is 6.20 Å². The van der Waals surface area contributed by atoms with E-state index in [0.717, 1.165) is 12.8 Å². The summed E-state index contributed by atoms with van der Waals surface area (Å²) >= 11 is 0. The van der Waals surface area contributed by atoms with Crippen LogP contribution in [0.4, 0.5) is 5.82 Å². The van der Waals surface area contributed by atoms with E-state index in [1.54, 1.807) is 0 Å². The van der Waals surface area contributed by atoms with E-state index in [-0.39, 0.29) is 22.7 Å². The molecule has 7 nitrogen and oxygen atoms in total. The van der Waals surface area contributed by atoms with Crippen molar-refractivity contribution >= 4 is 22.4 Å². The highest BCUT2D eigenvalue weighted by molar-refractivity contribution is 7.71. The van der Waals surface area contributed by atoms with Gasteiger partial charge in [0.05, 0.1) is 5.56 Å². The van der Waals surface area contributed by atoms with E-state index in [9.17, 15) is 13.2 Å². The first-order valence-corrected chi connectivity index (χ1v) is 7.71. The lowest BCUT2D eigenvalue weighted by molar-refractivity contribution is 0.100. The topological polar surface area (TPSA) is 115 Å². The number of carbonyl (C=O) groups is 1. The molecule has 0 unspecified atom stereocenters. The molecule has 0 bridgehead atoms. The van der Waals surface area contributed by atoms with Crippen molar-refractivity contribution in [2.75, 3.05) is 5.32 Å². The molecule has 0 aliphatic heterocycles. The third-order valence-electron chi connectivity index (χ3n) is 3.41. The second kappa shape index (κ2) is 5.35. The normalized spacial score (nSPS) is 15.3. The van der Waals surface area contributed by atoms with Gasteiger partial charge in [0.1, 0.15) is 28.1 Å². The number of aromatic nitrogens is 2. The lowest BCUT2D eigenvalue weighted by atomic mass is 9.98. The molecule has 1 aliphatic carbocycles. The van der Waals surface area contributed by atoms with E-state index < -0.39 is 16.6 Å². The number of nitrogens with one attached hydrogen (secondary N) is 1. The summed E-state index contributed by atoms with van der Waals surface area (Å²) in [5, 5.41) is 3.19. The lowest BCUT2D eigenvalue weighted by Gasteiger charge is -2.27. The van der Waals surface area contributed by atoms with Crippen LogP contribution in [0.2, 0.25) is 0 Å². The van der Waals surface area contributed by atoms with Crippen molar-refractivity contribution in [1.82, 2.24) is 9.97 Å². The molecule has 3 N–H and O–H groups in total. The van der Waals surface area contributed by atoms with Crippen LogP contribution in [0.1, 0.15) is 42.9 Å². The smallest absolute Gasteiger partial charge is 0.254 e. The number of hydrogen-bond donors (Lipinski definition) is 3. The highest BCUT2D eigenvalue weighted by atomic mass is 32.2. The molecular formula is C12H18N4O3S. The van der Waals surface area contributed by atoms with Gasteiger partial charge in [0.2, 0.25) is 0 Å². The molecule has 0 spiro atoms. The molecule has 0 saturated heterocycles. The van der Waals surface area contributed by atoms with Gasteiger partial charge in [0.15, 0.2) is 0 Å². The van der Waals surface area contributed by atoms with E-state index in [4.69, 9.17) is 5.73 Å². The molecule has 1 aromatic heterocycles. The van der Waals surface area contributed by atoms with Gasteiger partial charge < -0.3 is 11.1 Å². The summed E-state index contributed by atoms with van der Waals surface area (Å²) in [6, 6.07) is 0. The molecule has 0 aromatic carbocycles. The van der Waals surface area contributed by atoms with Crippen LogP contribution < -0.4 is 11.1 Å². The maximum atomic E-state index is 11.4. The maximum absolute atomic E-state index is 11.4.